The number of rotatable bonds is 2. The fourth-order valence-electron chi connectivity index (χ4n) is 2.70. The maximum absolute atomic E-state index is 13.3. The van der Waals surface area contributed by atoms with E-state index in [4.69, 9.17) is 5.11 Å². The molecule has 5 nitrogen and oxygen atoms in total. The standard InChI is InChI=1S/C15H14F3N3O2/c1-8-2-4-9(5-3-8)10-6-12(15(16,17)18)21-13(19-10)7-11(20-21)14(22)23/h2-5,7,10,12,19H,6H2,1H3,(H,22,23)/t10-,12-/m0/s1. The highest BCUT2D eigenvalue weighted by Crippen LogP contribution is 2.43. The molecule has 2 aromatic rings. The topological polar surface area (TPSA) is 67.2 Å². The van der Waals surface area contributed by atoms with Gasteiger partial charge in [0.15, 0.2) is 11.7 Å². The molecule has 0 radical (unpaired) electrons. The van der Waals surface area contributed by atoms with Gasteiger partial charge in [-0.05, 0) is 12.5 Å². The lowest BCUT2D eigenvalue weighted by Gasteiger charge is -2.33. The molecule has 2 N–H and O–H groups in total. The van der Waals surface area contributed by atoms with E-state index in [1.807, 2.05) is 19.1 Å². The average molecular weight is 325 g/mol. The van der Waals surface area contributed by atoms with Gasteiger partial charge in [-0.3, -0.25) is 0 Å². The number of hydrogen-bond acceptors (Lipinski definition) is 3. The third-order valence-corrected chi connectivity index (χ3v) is 3.89. The number of nitrogens with one attached hydrogen (secondary N) is 1. The van der Waals surface area contributed by atoms with E-state index >= 15 is 0 Å². The fourth-order valence-corrected chi connectivity index (χ4v) is 2.70. The van der Waals surface area contributed by atoms with Crippen molar-refractivity contribution in [2.75, 3.05) is 5.32 Å². The number of anilines is 1. The number of carbonyl (C=O) groups is 1. The SMILES string of the molecule is Cc1ccc([C@@H]2C[C@@H](C(F)(F)F)n3nc(C(=O)O)cc3N2)cc1. The van der Waals surface area contributed by atoms with Crippen LogP contribution in [0.2, 0.25) is 0 Å². The van der Waals surface area contributed by atoms with Crippen molar-refractivity contribution in [3.8, 4) is 0 Å². The zero-order chi connectivity index (χ0) is 16.8. The maximum atomic E-state index is 13.3. The van der Waals surface area contributed by atoms with E-state index in [1.165, 1.54) is 0 Å². The Labute approximate surface area is 129 Å². The second-order valence-electron chi connectivity index (χ2n) is 5.57. The number of aromatic carboxylic acids is 1. The first-order chi connectivity index (χ1) is 10.8. The Morgan fingerprint density at radius 1 is 1.35 bits per heavy atom. The summed E-state index contributed by atoms with van der Waals surface area (Å²) >= 11 is 0. The van der Waals surface area contributed by atoms with Crippen LogP contribution in [0.25, 0.3) is 0 Å². The van der Waals surface area contributed by atoms with Gasteiger partial charge in [0, 0.05) is 12.5 Å². The molecule has 1 aromatic heterocycles. The summed E-state index contributed by atoms with van der Waals surface area (Å²) in [6.07, 6.45) is -4.76. The molecule has 1 aliphatic heterocycles. The van der Waals surface area contributed by atoms with Crippen LogP contribution in [0.3, 0.4) is 0 Å². The average Bonchev–Trinajstić information content (AvgIpc) is 2.90. The van der Waals surface area contributed by atoms with E-state index in [0.29, 0.717) is 10.2 Å². The van der Waals surface area contributed by atoms with Crippen molar-refractivity contribution in [2.45, 2.75) is 31.6 Å². The van der Waals surface area contributed by atoms with E-state index in [1.54, 1.807) is 12.1 Å². The van der Waals surface area contributed by atoms with Crippen LogP contribution >= 0.6 is 0 Å². The Balaban J connectivity index is 2.01. The molecule has 0 amide bonds. The highest BCUT2D eigenvalue weighted by Gasteiger charge is 2.46. The summed E-state index contributed by atoms with van der Waals surface area (Å²) in [6.45, 7) is 1.89. The molecule has 23 heavy (non-hydrogen) atoms. The van der Waals surface area contributed by atoms with Gasteiger partial charge < -0.3 is 10.4 Å². The Hall–Kier alpha value is -2.51. The lowest BCUT2D eigenvalue weighted by atomic mass is 9.96. The molecule has 2 heterocycles. The van der Waals surface area contributed by atoms with Gasteiger partial charge in [0.2, 0.25) is 0 Å². The van der Waals surface area contributed by atoms with Gasteiger partial charge in [-0.1, -0.05) is 29.8 Å². The maximum Gasteiger partial charge on any atom is 0.410 e. The molecule has 0 unspecified atom stereocenters. The molecule has 1 aromatic carbocycles. The molecule has 0 spiro atoms. The normalized spacial score (nSPS) is 20.7. The largest absolute Gasteiger partial charge is 0.476 e. The Morgan fingerprint density at radius 2 is 2.00 bits per heavy atom. The van der Waals surface area contributed by atoms with Crippen LogP contribution in [-0.4, -0.2) is 27.0 Å². The lowest BCUT2D eigenvalue weighted by molar-refractivity contribution is -0.173. The van der Waals surface area contributed by atoms with Crippen molar-refractivity contribution in [1.29, 1.82) is 0 Å². The molecule has 8 heteroatoms. The second-order valence-corrected chi connectivity index (χ2v) is 5.57. The van der Waals surface area contributed by atoms with Crippen LogP contribution in [0.1, 0.15) is 40.1 Å². The summed E-state index contributed by atoms with van der Waals surface area (Å²) in [5.41, 5.74) is 1.32. The summed E-state index contributed by atoms with van der Waals surface area (Å²) in [6, 6.07) is 5.89. The molecule has 0 bridgehead atoms. The van der Waals surface area contributed by atoms with E-state index in [2.05, 4.69) is 10.4 Å². The van der Waals surface area contributed by atoms with E-state index in [0.717, 1.165) is 11.6 Å². The minimum absolute atomic E-state index is 0.0570. The van der Waals surface area contributed by atoms with Crippen LogP contribution < -0.4 is 5.32 Å². The van der Waals surface area contributed by atoms with Crippen molar-refractivity contribution < 1.29 is 23.1 Å². The number of nitrogens with zero attached hydrogens (tertiary/aromatic N) is 2. The predicted molar refractivity (Wildman–Crippen MR) is 76.4 cm³/mol. The van der Waals surface area contributed by atoms with Crippen molar-refractivity contribution >= 4 is 11.8 Å². The van der Waals surface area contributed by atoms with Crippen LogP contribution in [0.15, 0.2) is 30.3 Å². The number of carboxylic acid groups (broad SMARTS) is 1. The number of benzene rings is 1. The zero-order valence-electron chi connectivity index (χ0n) is 12.1. The summed E-state index contributed by atoms with van der Waals surface area (Å²) < 4.78 is 40.8. The minimum Gasteiger partial charge on any atom is -0.476 e. The molecular formula is C15H14F3N3O2. The van der Waals surface area contributed by atoms with Gasteiger partial charge in [-0.25, -0.2) is 9.48 Å². The van der Waals surface area contributed by atoms with Crippen LogP contribution in [0.4, 0.5) is 19.0 Å². The first kappa shape index (κ1) is 15.4. The highest BCUT2D eigenvalue weighted by molar-refractivity contribution is 5.86. The van der Waals surface area contributed by atoms with Gasteiger partial charge >= 0.3 is 12.1 Å². The number of fused-ring (bicyclic) bond motifs is 1. The van der Waals surface area contributed by atoms with Crippen molar-refractivity contribution in [2.24, 2.45) is 0 Å². The molecule has 1 aliphatic rings. The van der Waals surface area contributed by atoms with E-state index < -0.39 is 29.9 Å². The third-order valence-electron chi connectivity index (χ3n) is 3.89. The fraction of sp³-hybridized carbons (Fsp3) is 0.333. The monoisotopic (exact) mass is 325 g/mol. The molecule has 0 saturated heterocycles. The van der Waals surface area contributed by atoms with Gasteiger partial charge in [0.05, 0.1) is 6.04 Å². The number of hydrogen-bond donors (Lipinski definition) is 2. The number of alkyl halides is 3. The van der Waals surface area contributed by atoms with Crippen molar-refractivity contribution in [3.05, 3.63) is 47.2 Å². The predicted octanol–water partition coefficient (Wildman–Crippen LogP) is 3.55. The summed E-state index contributed by atoms with van der Waals surface area (Å²) in [4.78, 5) is 11.0. The molecule has 0 aliphatic carbocycles. The van der Waals surface area contributed by atoms with Gasteiger partial charge in [-0.15, -0.1) is 0 Å². The molecule has 2 atom stereocenters. The van der Waals surface area contributed by atoms with Gasteiger partial charge in [0.1, 0.15) is 5.82 Å². The summed E-state index contributed by atoms with van der Waals surface area (Å²) in [7, 11) is 0. The van der Waals surface area contributed by atoms with Crippen molar-refractivity contribution in [3.63, 3.8) is 0 Å². The first-order valence-corrected chi connectivity index (χ1v) is 6.98. The molecule has 0 saturated carbocycles. The lowest BCUT2D eigenvalue weighted by Crippen LogP contribution is -2.35. The minimum atomic E-state index is -4.51. The summed E-state index contributed by atoms with van der Waals surface area (Å²) in [5.74, 6) is -1.30. The molecule has 3 rings (SSSR count). The second kappa shape index (κ2) is 5.29. The zero-order valence-corrected chi connectivity index (χ0v) is 12.1. The first-order valence-electron chi connectivity index (χ1n) is 6.98. The van der Waals surface area contributed by atoms with Crippen LogP contribution in [-0.2, 0) is 0 Å². The van der Waals surface area contributed by atoms with Crippen LogP contribution in [0, 0.1) is 6.92 Å². The third kappa shape index (κ3) is 2.88. The molecular weight excluding hydrogens is 311 g/mol. The molecule has 122 valence electrons. The number of aryl methyl sites for hydroxylation is 1. The van der Waals surface area contributed by atoms with E-state index in [-0.39, 0.29) is 12.2 Å². The van der Waals surface area contributed by atoms with Gasteiger partial charge in [0.25, 0.3) is 0 Å². The van der Waals surface area contributed by atoms with E-state index in [9.17, 15) is 18.0 Å². The number of aromatic nitrogens is 2. The van der Waals surface area contributed by atoms with Crippen molar-refractivity contribution in [1.82, 2.24) is 9.78 Å². The number of halogens is 3. The van der Waals surface area contributed by atoms with Gasteiger partial charge in [-0.2, -0.15) is 18.3 Å². The van der Waals surface area contributed by atoms with Crippen LogP contribution in [0.5, 0.6) is 0 Å². The quantitative estimate of drug-likeness (QED) is 0.886. The Bertz CT molecular complexity index is 737. The Morgan fingerprint density at radius 3 is 2.57 bits per heavy atom. The smallest absolute Gasteiger partial charge is 0.410 e. The molecule has 0 fully saturated rings. The Kier molecular flexibility index (Phi) is 3.54. The summed E-state index contributed by atoms with van der Waals surface area (Å²) in [5, 5.41) is 15.5. The number of carboxylic acids is 1. The highest BCUT2D eigenvalue weighted by atomic mass is 19.4.